The fraction of sp³-hybridized carbons (Fsp3) is 0.211. The van der Waals surface area contributed by atoms with E-state index in [0.717, 1.165) is 0 Å². The van der Waals surface area contributed by atoms with Crippen LogP contribution < -0.4 is 5.32 Å². The molecule has 0 saturated carbocycles. The minimum atomic E-state index is -4.41. The lowest BCUT2D eigenvalue weighted by atomic mass is 10.2. The molecule has 0 radical (unpaired) electrons. The summed E-state index contributed by atoms with van der Waals surface area (Å²) >= 11 is 0. The lowest BCUT2D eigenvalue weighted by molar-refractivity contribution is -0.174. The van der Waals surface area contributed by atoms with Gasteiger partial charge in [-0.25, -0.2) is 4.98 Å². The standard InChI is InChI=1S/C19H16F3N7O3/c20-19(21,22)11-31-8-7-29-9-14(16(28-29)12-3-1-2-5-23-12)25-17(30)15-10-32-18(26-15)13-4-6-24-27-13/h1-6,9-10H,7-8,11H2,(H,24,27)(H,25,30). The first-order valence-corrected chi connectivity index (χ1v) is 9.29. The van der Waals surface area contributed by atoms with Crippen LogP contribution in [0.2, 0.25) is 0 Å². The highest BCUT2D eigenvalue weighted by Gasteiger charge is 2.27. The third-order valence-electron chi connectivity index (χ3n) is 4.10. The third-order valence-corrected chi connectivity index (χ3v) is 4.10. The van der Waals surface area contributed by atoms with Crippen molar-refractivity contribution in [1.29, 1.82) is 0 Å². The number of aromatic amines is 1. The summed E-state index contributed by atoms with van der Waals surface area (Å²) in [4.78, 5) is 21.0. The maximum absolute atomic E-state index is 12.7. The molecule has 0 aliphatic carbocycles. The minimum absolute atomic E-state index is 0.0104. The molecular formula is C19H16F3N7O3. The Balaban J connectivity index is 1.51. The van der Waals surface area contributed by atoms with Gasteiger partial charge in [0, 0.05) is 18.6 Å². The van der Waals surface area contributed by atoms with E-state index in [9.17, 15) is 18.0 Å². The molecule has 0 aromatic carbocycles. The van der Waals surface area contributed by atoms with Crippen LogP contribution in [0, 0.1) is 0 Å². The fourth-order valence-electron chi connectivity index (χ4n) is 2.73. The molecule has 0 bridgehead atoms. The van der Waals surface area contributed by atoms with Crippen LogP contribution in [-0.2, 0) is 11.3 Å². The molecule has 10 nitrogen and oxygen atoms in total. The third kappa shape index (κ3) is 5.18. The largest absolute Gasteiger partial charge is 0.442 e. The Hall–Kier alpha value is -4.00. The number of hydrogen-bond acceptors (Lipinski definition) is 7. The maximum Gasteiger partial charge on any atom is 0.411 e. The average Bonchev–Trinajstić information content (AvgIpc) is 3.51. The first-order chi connectivity index (χ1) is 15.4. The summed E-state index contributed by atoms with van der Waals surface area (Å²) in [7, 11) is 0. The first-order valence-electron chi connectivity index (χ1n) is 9.29. The molecule has 0 fully saturated rings. The number of H-pyrrole nitrogens is 1. The molecule has 32 heavy (non-hydrogen) atoms. The van der Waals surface area contributed by atoms with Gasteiger partial charge in [0.25, 0.3) is 5.91 Å². The molecule has 4 heterocycles. The Labute approximate surface area is 178 Å². The number of hydrogen-bond donors (Lipinski definition) is 2. The van der Waals surface area contributed by atoms with E-state index in [1.54, 1.807) is 36.7 Å². The second-order valence-corrected chi connectivity index (χ2v) is 6.49. The van der Waals surface area contributed by atoms with Crippen LogP contribution in [-0.4, -0.2) is 55.2 Å². The molecule has 1 amide bonds. The smallest absolute Gasteiger partial charge is 0.411 e. The molecule has 4 rings (SSSR count). The quantitative estimate of drug-likeness (QED) is 0.398. The number of alkyl halides is 3. The number of carbonyl (C=O) groups is 1. The predicted octanol–water partition coefficient (Wildman–Crippen LogP) is 3.15. The topological polar surface area (TPSA) is 124 Å². The van der Waals surface area contributed by atoms with Gasteiger partial charge in [-0.05, 0) is 18.2 Å². The maximum atomic E-state index is 12.7. The van der Waals surface area contributed by atoms with Crippen LogP contribution in [0.15, 0.2) is 53.5 Å². The van der Waals surface area contributed by atoms with Gasteiger partial charge in [-0.15, -0.1) is 0 Å². The highest BCUT2D eigenvalue weighted by atomic mass is 19.4. The molecule has 0 unspecified atom stereocenters. The number of nitrogens with one attached hydrogen (secondary N) is 2. The number of amides is 1. The highest BCUT2D eigenvalue weighted by Crippen LogP contribution is 2.26. The van der Waals surface area contributed by atoms with Gasteiger partial charge >= 0.3 is 6.18 Å². The lowest BCUT2D eigenvalue weighted by Crippen LogP contribution is -2.19. The van der Waals surface area contributed by atoms with Gasteiger partial charge in [0.2, 0.25) is 5.89 Å². The van der Waals surface area contributed by atoms with Crippen LogP contribution in [0.4, 0.5) is 18.9 Å². The molecule has 2 N–H and O–H groups in total. The second kappa shape index (κ2) is 9.01. The van der Waals surface area contributed by atoms with E-state index in [4.69, 9.17) is 4.42 Å². The van der Waals surface area contributed by atoms with Crippen molar-refractivity contribution in [3.05, 3.63) is 54.8 Å². The van der Waals surface area contributed by atoms with Crippen molar-refractivity contribution in [2.75, 3.05) is 18.5 Å². The number of nitrogens with zero attached hydrogens (tertiary/aromatic N) is 5. The molecule has 0 atom stereocenters. The molecule has 0 aliphatic rings. The van der Waals surface area contributed by atoms with Crippen molar-refractivity contribution < 1.29 is 27.1 Å². The Bertz CT molecular complexity index is 1170. The lowest BCUT2D eigenvalue weighted by Gasteiger charge is -2.07. The zero-order valence-corrected chi connectivity index (χ0v) is 16.3. The van der Waals surface area contributed by atoms with Crippen LogP contribution >= 0.6 is 0 Å². The number of anilines is 1. The van der Waals surface area contributed by atoms with Gasteiger partial charge in [-0.2, -0.15) is 23.4 Å². The molecule has 166 valence electrons. The van der Waals surface area contributed by atoms with Crippen molar-refractivity contribution in [2.45, 2.75) is 12.7 Å². The number of ether oxygens (including phenoxy) is 1. The van der Waals surface area contributed by atoms with E-state index < -0.39 is 18.7 Å². The van der Waals surface area contributed by atoms with E-state index >= 15 is 0 Å². The molecule has 4 aromatic rings. The number of halogens is 3. The summed E-state index contributed by atoms with van der Waals surface area (Å²) in [6, 6.07) is 6.79. The van der Waals surface area contributed by atoms with Crippen molar-refractivity contribution >= 4 is 11.6 Å². The van der Waals surface area contributed by atoms with Crippen molar-refractivity contribution in [2.24, 2.45) is 0 Å². The zero-order chi connectivity index (χ0) is 22.6. The second-order valence-electron chi connectivity index (χ2n) is 6.49. The Morgan fingerprint density at radius 3 is 2.84 bits per heavy atom. The molecule has 4 aromatic heterocycles. The summed E-state index contributed by atoms with van der Waals surface area (Å²) in [6.07, 6.45) is 1.41. The van der Waals surface area contributed by atoms with Crippen LogP contribution in [0.1, 0.15) is 10.5 Å². The van der Waals surface area contributed by atoms with Gasteiger partial charge in [-0.3, -0.25) is 19.6 Å². The van der Waals surface area contributed by atoms with Crippen molar-refractivity contribution in [1.82, 2.24) is 29.9 Å². The zero-order valence-electron chi connectivity index (χ0n) is 16.3. The molecule has 0 spiro atoms. The van der Waals surface area contributed by atoms with Crippen LogP contribution in [0.3, 0.4) is 0 Å². The summed E-state index contributed by atoms with van der Waals surface area (Å²) in [6.45, 7) is -1.53. The normalized spacial score (nSPS) is 11.6. The van der Waals surface area contributed by atoms with Crippen LogP contribution in [0.25, 0.3) is 23.0 Å². The number of pyridine rings is 1. The summed E-state index contributed by atoms with van der Waals surface area (Å²) in [5.74, 6) is -0.403. The summed E-state index contributed by atoms with van der Waals surface area (Å²) in [5.41, 5.74) is 1.55. The van der Waals surface area contributed by atoms with E-state index in [2.05, 4.69) is 35.3 Å². The van der Waals surface area contributed by atoms with Gasteiger partial charge < -0.3 is 14.5 Å². The number of carbonyl (C=O) groups excluding carboxylic acids is 1. The van der Waals surface area contributed by atoms with Gasteiger partial charge in [0.15, 0.2) is 5.69 Å². The highest BCUT2D eigenvalue weighted by molar-refractivity contribution is 6.04. The fourth-order valence-corrected chi connectivity index (χ4v) is 2.73. The summed E-state index contributed by atoms with van der Waals surface area (Å²) in [5, 5.41) is 13.6. The molecule has 0 saturated heterocycles. The van der Waals surface area contributed by atoms with E-state index in [-0.39, 0.29) is 24.7 Å². The van der Waals surface area contributed by atoms with Crippen molar-refractivity contribution in [3.8, 4) is 23.0 Å². The van der Waals surface area contributed by atoms with Crippen LogP contribution in [0.5, 0.6) is 0 Å². The summed E-state index contributed by atoms with van der Waals surface area (Å²) < 4.78 is 48.0. The average molecular weight is 447 g/mol. The molecule has 13 heteroatoms. The van der Waals surface area contributed by atoms with E-state index in [0.29, 0.717) is 22.8 Å². The Kier molecular flexibility index (Phi) is 5.98. The SMILES string of the molecule is O=C(Nc1cn(CCOCC(F)(F)F)nc1-c1ccccn1)c1coc(-c2cc[nH]n2)n1. The minimum Gasteiger partial charge on any atom is -0.442 e. The monoisotopic (exact) mass is 447 g/mol. The van der Waals surface area contributed by atoms with E-state index in [1.807, 2.05) is 0 Å². The van der Waals surface area contributed by atoms with Gasteiger partial charge in [0.05, 0.1) is 24.5 Å². The van der Waals surface area contributed by atoms with Gasteiger partial charge in [0.1, 0.15) is 24.3 Å². The van der Waals surface area contributed by atoms with Gasteiger partial charge in [-0.1, -0.05) is 6.07 Å². The number of aromatic nitrogens is 6. The molecular weight excluding hydrogens is 431 g/mol. The van der Waals surface area contributed by atoms with Crippen molar-refractivity contribution in [3.63, 3.8) is 0 Å². The Morgan fingerprint density at radius 2 is 2.12 bits per heavy atom. The number of rotatable bonds is 8. The van der Waals surface area contributed by atoms with E-state index in [1.165, 1.54) is 17.1 Å². The first kappa shape index (κ1) is 21.2. The Morgan fingerprint density at radius 1 is 1.25 bits per heavy atom. The predicted molar refractivity (Wildman–Crippen MR) is 104 cm³/mol. The number of oxazole rings is 1. The molecule has 0 aliphatic heterocycles.